The van der Waals surface area contributed by atoms with Crippen LogP contribution in [0.2, 0.25) is 0 Å². The Balaban J connectivity index is 1.86. The molecule has 4 nitrogen and oxygen atoms in total. The summed E-state index contributed by atoms with van der Waals surface area (Å²) in [5, 5.41) is 2.98. The predicted molar refractivity (Wildman–Crippen MR) is 65.1 cm³/mol. The van der Waals surface area contributed by atoms with Crippen molar-refractivity contribution in [3.63, 3.8) is 0 Å². The average molecular weight is 255 g/mol. The summed E-state index contributed by atoms with van der Waals surface area (Å²) < 4.78 is 10.3. The van der Waals surface area contributed by atoms with Crippen LogP contribution in [0.5, 0.6) is 0 Å². The number of methoxy groups -OCH3 is 1. The molecule has 2 rings (SSSR count). The van der Waals surface area contributed by atoms with Gasteiger partial charge in [0, 0.05) is 18.4 Å². The van der Waals surface area contributed by atoms with Crippen LogP contribution in [0.15, 0.2) is 5.38 Å². The third-order valence-corrected chi connectivity index (χ3v) is 3.75. The smallest absolute Gasteiger partial charge is 0.311 e. The zero-order chi connectivity index (χ0) is 12.1. The van der Waals surface area contributed by atoms with E-state index < -0.39 is 0 Å². The first-order valence-electron chi connectivity index (χ1n) is 5.89. The first kappa shape index (κ1) is 12.5. The molecule has 1 aliphatic rings. The maximum Gasteiger partial charge on any atom is 0.311 e. The fourth-order valence-electron chi connectivity index (χ4n) is 1.91. The highest BCUT2D eigenvalue weighted by molar-refractivity contribution is 7.09. The molecule has 1 aromatic heterocycles. The Bertz CT molecular complexity index is 372. The molecular formula is C12H17NO3S. The molecule has 0 N–H and O–H groups in total. The standard InChI is InChI=1S/C12H17NO3S/c1-15-12(14)6-9-8-17-11(13-9)7-10-4-2-3-5-16-10/h8,10H,2-7H2,1H3. The van der Waals surface area contributed by atoms with E-state index in [1.54, 1.807) is 11.3 Å². The van der Waals surface area contributed by atoms with Gasteiger partial charge in [0.25, 0.3) is 0 Å². The molecule has 1 atom stereocenters. The van der Waals surface area contributed by atoms with E-state index in [0.29, 0.717) is 6.10 Å². The molecule has 1 fully saturated rings. The van der Waals surface area contributed by atoms with Gasteiger partial charge in [-0.05, 0) is 19.3 Å². The molecule has 0 aromatic carbocycles. The van der Waals surface area contributed by atoms with Gasteiger partial charge in [-0.15, -0.1) is 11.3 Å². The summed E-state index contributed by atoms with van der Waals surface area (Å²) in [7, 11) is 1.39. The monoisotopic (exact) mass is 255 g/mol. The van der Waals surface area contributed by atoms with Crippen molar-refractivity contribution < 1.29 is 14.3 Å². The van der Waals surface area contributed by atoms with Gasteiger partial charge in [-0.3, -0.25) is 4.79 Å². The number of thiazole rings is 1. The van der Waals surface area contributed by atoms with Gasteiger partial charge in [-0.25, -0.2) is 4.98 Å². The summed E-state index contributed by atoms with van der Waals surface area (Å²) >= 11 is 1.60. The van der Waals surface area contributed by atoms with Gasteiger partial charge < -0.3 is 9.47 Å². The zero-order valence-corrected chi connectivity index (χ0v) is 10.8. The van der Waals surface area contributed by atoms with Crippen molar-refractivity contribution in [1.82, 2.24) is 4.98 Å². The van der Waals surface area contributed by atoms with Crippen LogP contribution in [0.1, 0.15) is 30.0 Å². The van der Waals surface area contributed by atoms with Crippen LogP contribution in [-0.4, -0.2) is 30.8 Å². The van der Waals surface area contributed by atoms with Crippen molar-refractivity contribution in [1.29, 1.82) is 0 Å². The Hall–Kier alpha value is -0.940. The fourth-order valence-corrected chi connectivity index (χ4v) is 2.77. The zero-order valence-electron chi connectivity index (χ0n) is 9.98. The van der Waals surface area contributed by atoms with E-state index >= 15 is 0 Å². The molecule has 17 heavy (non-hydrogen) atoms. The molecule has 94 valence electrons. The minimum absolute atomic E-state index is 0.240. The second-order valence-corrected chi connectivity index (χ2v) is 5.12. The Morgan fingerprint density at radius 3 is 3.24 bits per heavy atom. The van der Waals surface area contributed by atoms with Gasteiger partial charge in [0.2, 0.25) is 0 Å². The number of hydrogen-bond donors (Lipinski definition) is 0. The van der Waals surface area contributed by atoms with Crippen LogP contribution in [0.25, 0.3) is 0 Å². The number of hydrogen-bond acceptors (Lipinski definition) is 5. The highest BCUT2D eigenvalue weighted by Gasteiger charge is 2.16. The molecule has 0 spiro atoms. The maximum atomic E-state index is 11.1. The van der Waals surface area contributed by atoms with E-state index in [1.165, 1.54) is 20.0 Å². The topological polar surface area (TPSA) is 48.4 Å². The first-order chi connectivity index (χ1) is 8.28. The average Bonchev–Trinajstić information content (AvgIpc) is 2.77. The van der Waals surface area contributed by atoms with E-state index in [4.69, 9.17) is 4.74 Å². The molecule has 1 unspecified atom stereocenters. The summed E-state index contributed by atoms with van der Waals surface area (Å²) in [6, 6.07) is 0. The van der Waals surface area contributed by atoms with Gasteiger partial charge in [-0.2, -0.15) is 0 Å². The molecule has 0 saturated carbocycles. The van der Waals surface area contributed by atoms with Crippen LogP contribution in [0, 0.1) is 0 Å². The van der Waals surface area contributed by atoms with Crippen molar-refractivity contribution in [2.45, 2.75) is 38.2 Å². The lowest BCUT2D eigenvalue weighted by Crippen LogP contribution is -2.21. The molecule has 1 aliphatic heterocycles. The van der Waals surface area contributed by atoms with Crippen LogP contribution in [-0.2, 0) is 27.1 Å². The summed E-state index contributed by atoms with van der Waals surface area (Å²) in [4.78, 5) is 15.5. The maximum absolute atomic E-state index is 11.1. The molecule has 2 heterocycles. The van der Waals surface area contributed by atoms with Crippen molar-refractivity contribution in [3.8, 4) is 0 Å². The van der Waals surface area contributed by atoms with E-state index in [9.17, 15) is 4.79 Å². The Labute approximate surface area is 105 Å². The SMILES string of the molecule is COC(=O)Cc1csc(CC2CCCCO2)n1. The Morgan fingerprint density at radius 1 is 1.65 bits per heavy atom. The van der Waals surface area contributed by atoms with Crippen LogP contribution < -0.4 is 0 Å². The Kier molecular flexibility index (Phi) is 4.50. The van der Waals surface area contributed by atoms with Crippen LogP contribution in [0.3, 0.4) is 0 Å². The van der Waals surface area contributed by atoms with Crippen molar-refractivity contribution in [2.75, 3.05) is 13.7 Å². The van der Waals surface area contributed by atoms with Crippen LogP contribution >= 0.6 is 11.3 Å². The first-order valence-corrected chi connectivity index (χ1v) is 6.77. The number of carbonyl (C=O) groups is 1. The summed E-state index contributed by atoms with van der Waals surface area (Å²) in [5.74, 6) is -0.240. The van der Waals surface area contributed by atoms with E-state index in [2.05, 4.69) is 9.72 Å². The number of carbonyl (C=O) groups excluding carboxylic acids is 1. The van der Waals surface area contributed by atoms with Gasteiger partial charge in [0.05, 0.1) is 30.3 Å². The fraction of sp³-hybridized carbons (Fsp3) is 0.667. The van der Waals surface area contributed by atoms with Crippen LogP contribution in [0.4, 0.5) is 0 Å². The number of esters is 1. The Morgan fingerprint density at radius 2 is 2.53 bits per heavy atom. The second kappa shape index (κ2) is 6.12. The quantitative estimate of drug-likeness (QED) is 0.772. The van der Waals surface area contributed by atoms with Gasteiger partial charge in [0.15, 0.2) is 0 Å². The number of nitrogens with zero attached hydrogens (tertiary/aromatic N) is 1. The lowest BCUT2D eigenvalue weighted by atomic mass is 10.1. The predicted octanol–water partition coefficient (Wildman–Crippen LogP) is 1.97. The summed E-state index contributed by atoms with van der Waals surface area (Å²) in [5.41, 5.74) is 0.799. The summed E-state index contributed by atoms with van der Waals surface area (Å²) in [6.07, 6.45) is 4.96. The molecule has 1 aromatic rings. The van der Waals surface area contributed by atoms with Gasteiger partial charge in [0.1, 0.15) is 0 Å². The normalized spacial score (nSPS) is 20.2. The van der Waals surface area contributed by atoms with E-state index in [1.807, 2.05) is 5.38 Å². The molecule has 0 bridgehead atoms. The molecule has 1 saturated heterocycles. The number of aromatic nitrogens is 1. The number of rotatable bonds is 4. The van der Waals surface area contributed by atoms with Crippen molar-refractivity contribution in [3.05, 3.63) is 16.1 Å². The van der Waals surface area contributed by atoms with Gasteiger partial charge in [-0.1, -0.05) is 0 Å². The third-order valence-electron chi connectivity index (χ3n) is 2.83. The minimum atomic E-state index is -0.240. The van der Waals surface area contributed by atoms with E-state index in [0.717, 1.165) is 30.2 Å². The molecule has 0 amide bonds. The minimum Gasteiger partial charge on any atom is -0.469 e. The third kappa shape index (κ3) is 3.78. The lowest BCUT2D eigenvalue weighted by molar-refractivity contribution is -0.139. The highest BCUT2D eigenvalue weighted by atomic mass is 32.1. The van der Waals surface area contributed by atoms with Crippen molar-refractivity contribution >= 4 is 17.3 Å². The molecular weight excluding hydrogens is 238 g/mol. The molecule has 0 radical (unpaired) electrons. The number of ether oxygens (including phenoxy) is 2. The lowest BCUT2D eigenvalue weighted by Gasteiger charge is -2.21. The van der Waals surface area contributed by atoms with Crippen molar-refractivity contribution in [2.24, 2.45) is 0 Å². The van der Waals surface area contributed by atoms with E-state index in [-0.39, 0.29) is 12.4 Å². The largest absolute Gasteiger partial charge is 0.469 e. The molecule has 0 aliphatic carbocycles. The summed E-state index contributed by atoms with van der Waals surface area (Å²) in [6.45, 7) is 0.866. The second-order valence-electron chi connectivity index (χ2n) is 4.18. The molecule has 5 heteroatoms. The van der Waals surface area contributed by atoms with Gasteiger partial charge >= 0.3 is 5.97 Å². The highest BCUT2D eigenvalue weighted by Crippen LogP contribution is 2.19.